The number of rotatable bonds is 6. The van der Waals surface area contributed by atoms with Gasteiger partial charge in [0, 0.05) is 6.54 Å². The Balaban J connectivity index is 2.92. The van der Waals surface area contributed by atoms with Gasteiger partial charge < -0.3 is 9.47 Å². The van der Waals surface area contributed by atoms with Crippen LogP contribution in [-0.2, 0) is 11.3 Å². The zero-order valence-corrected chi connectivity index (χ0v) is 11.7. The van der Waals surface area contributed by atoms with E-state index >= 15 is 0 Å². The lowest BCUT2D eigenvalue weighted by molar-refractivity contribution is -0.117. The smallest absolute Gasteiger partial charge is 0.161 e. The molecule has 4 nitrogen and oxygen atoms in total. The largest absolute Gasteiger partial charge is 0.493 e. The number of aryl methyl sites for hydroxylation is 1. The lowest BCUT2D eigenvalue weighted by Crippen LogP contribution is -2.24. The SMILES string of the molecule is COc1cc(C)c(CN(C)CC(C)=O)cc1OC. The molecule has 0 fully saturated rings. The summed E-state index contributed by atoms with van der Waals surface area (Å²) in [6, 6.07) is 3.92. The lowest BCUT2D eigenvalue weighted by Gasteiger charge is -2.18. The number of Topliss-reactive ketones (excluding diaryl/α,β-unsaturated/α-hetero) is 1. The third kappa shape index (κ3) is 3.74. The highest BCUT2D eigenvalue weighted by Gasteiger charge is 2.10. The van der Waals surface area contributed by atoms with Crippen LogP contribution in [0.25, 0.3) is 0 Å². The molecule has 0 aliphatic heterocycles. The van der Waals surface area contributed by atoms with Gasteiger partial charge in [0.25, 0.3) is 0 Å². The van der Waals surface area contributed by atoms with Crippen molar-refractivity contribution in [3.05, 3.63) is 23.3 Å². The number of ketones is 1. The predicted molar refractivity (Wildman–Crippen MR) is 71.3 cm³/mol. The third-order valence-corrected chi connectivity index (χ3v) is 2.77. The lowest BCUT2D eigenvalue weighted by atomic mass is 10.1. The van der Waals surface area contributed by atoms with Crippen molar-refractivity contribution in [3.63, 3.8) is 0 Å². The third-order valence-electron chi connectivity index (χ3n) is 2.77. The van der Waals surface area contributed by atoms with Gasteiger partial charge >= 0.3 is 0 Å². The van der Waals surface area contributed by atoms with E-state index in [1.165, 1.54) is 0 Å². The van der Waals surface area contributed by atoms with Gasteiger partial charge in [-0.2, -0.15) is 0 Å². The van der Waals surface area contributed by atoms with Gasteiger partial charge in [-0.3, -0.25) is 9.69 Å². The molecule has 0 radical (unpaired) electrons. The van der Waals surface area contributed by atoms with Crippen molar-refractivity contribution in [2.45, 2.75) is 20.4 Å². The van der Waals surface area contributed by atoms with Crippen molar-refractivity contribution >= 4 is 5.78 Å². The summed E-state index contributed by atoms with van der Waals surface area (Å²) in [7, 11) is 5.17. The Labute approximate surface area is 108 Å². The quantitative estimate of drug-likeness (QED) is 0.775. The van der Waals surface area contributed by atoms with Crippen LogP contribution in [0.2, 0.25) is 0 Å². The Bertz CT molecular complexity index is 429. The predicted octanol–water partition coefficient (Wildman–Crippen LogP) is 2.03. The zero-order chi connectivity index (χ0) is 13.7. The maximum Gasteiger partial charge on any atom is 0.161 e. The van der Waals surface area contributed by atoms with E-state index in [1.54, 1.807) is 21.1 Å². The molecule has 0 amide bonds. The van der Waals surface area contributed by atoms with Crippen LogP contribution in [0, 0.1) is 6.92 Å². The molecule has 0 spiro atoms. The van der Waals surface area contributed by atoms with E-state index in [9.17, 15) is 4.79 Å². The number of benzene rings is 1. The van der Waals surface area contributed by atoms with Crippen LogP contribution in [-0.4, -0.2) is 38.5 Å². The maximum atomic E-state index is 11.1. The van der Waals surface area contributed by atoms with Crippen LogP contribution < -0.4 is 9.47 Å². The summed E-state index contributed by atoms with van der Waals surface area (Å²) in [6.07, 6.45) is 0. The van der Waals surface area contributed by atoms with Gasteiger partial charge in [0.1, 0.15) is 5.78 Å². The molecular weight excluding hydrogens is 230 g/mol. The molecule has 0 atom stereocenters. The molecule has 0 aliphatic rings. The summed E-state index contributed by atoms with van der Waals surface area (Å²) in [6.45, 7) is 4.79. The summed E-state index contributed by atoms with van der Waals surface area (Å²) < 4.78 is 10.5. The van der Waals surface area contributed by atoms with Crippen LogP contribution in [0.1, 0.15) is 18.1 Å². The summed E-state index contributed by atoms with van der Waals surface area (Å²) in [5.41, 5.74) is 2.26. The number of hydrogen-bond donors (Lipinski definition) is 0. The van der Waals surface area contributed by atoms with Crippen LogP contribution in [0.5, 0.6) is 11.5 Å². The van der Waals surface area contributed by atoms with Gasteiger partial charge in [0.2, 0.25) is 0 Å². The number of carbonyl (C=O) groups excluding carboxylic acids is 1. The van der Waals surface area contributed by atoms with Gasteiger partial charge in [-0.1, -0.05) is 0 Å². The molecule has 0 aliphatic carbocycles. The van der Waals surface area contributed by atoms with Crippen LogP contribution in [0.15, 0.2) is 12.1 Å². The number of hydrogen-bond acceptors (Lipinski definition) is 4. The van der Waals surface area contributed by atoms with Crippen molar-refractivity contribution in [2.24, 2.45) is 0 Å². The minimum absolute atomic E-state index is 0.163. The van der Waals surface area contributed by atoms with E-state index in [-0.39, 0.29) is 5.78 Å². The average molecular weight is 251 g/mol. The Morgan fingerprint density at radius 2 is 1.78 bits per heavy atom. The van der Waals surface area contributed by atoms with E-state index in [1.807, 2.05) is 31.0 Å². The fourth-order valence-corrected chi connectivity index (χ4v) is 1.92. The molecule has 0 heterocycles. The van der Waals surface area contributed by atoms with E-state index in [0.717, 1.165) is 16.9 Å². The second-order valence-electron chi connectivity index (χ2n) is 4.51. The molecular formula is C14H21NO3. The second kappa shape index (κ2) is 6.40. The fourth-order valence-electron chi connectivity index (χ4n) is 1.92. The number of methoxy groups -OCH3 is 2. The molecule has 0 unspecified atom stereocenters. The minimum Gasteiger partial charge on any atom is -0.493 e. The Morgan fingerprint density at radius 3 is 2.28 bits per heavy atom. The Hall–Kier alpha value is -1.55. The number of nitrogens with zero attached hydrogens (tertiary/aromatic N) is 1. The van der Waals surface area contributed by atoms with Gasteiger partial charge in [0.05, 0.1) is 20.8 Å². The first kappa shape index (κ1) is 14.5. The maximum absolute atomic E-state index is 11.1. The second-order valence-corrected chi connectivity index (χ2v) is 4.51. The van der Waals surface area contributed by atoms with E-state index < -0.39 is 0 Å². The van der Waals surface area contributed by atoms with Crippen LogP contribution in [0.4, 0.5) is 0 Å². The highest BCUT2D eigenvalue weighted by Crippen LogP contribution is 2.30. The zero-order valence-electron chi connectivity index (χ0n) is 11.7. The van der Waals surface area contributed by atoms with Crippen molar-refractivity contribution in [1.29, 1.82) is 0 Å². The number of ether oxygens (including phenoxy) is 2. The van der Waals surface area contributed by atoms with Crippen molar-refractivity contribution in [3.8, 4) is 11.5 Å². The summed E-state index contributed by atoms with van der Waals surface area (Å²) in [4.78, 5) is 13.0. The van der Waals surface area contributed by atoms with Crippen molar-refractivity contribution in [2.75, 3.05) is 27.8 Å². The van der Waals surface area contributed by atoms with Crippen LogP contribution >= 0.6 is 0 Å². The average Bonchev–Trinajstić information content (AvgIpc) is 2.30. The first-order chi connectivity index (χ1) is 8.47. The normalized spacial score (nSPS) is 10.6. The molecule has 0 aromatic heterocycles. The monoisotopic (exact) mass is 251 g/mol. The summed E-state index contributed by atoms with van der Waals surface area (Å²) >= 11 is 0. The highest BCUT2D eigenvalue weighted by atomic mass is 16.5. The molecule has 0 saturated carbocycles. The van der Waals surface area contributed by atoms with E-state index in [0.29, 0.717) is 18.8 Å². The topological polar surface area (TPSA) is 38.8 Å². The van der Waals surface area contributed by atoms with Gasteiger partial charge in [-0.05, 0) is 44.2 Å². The molecule has 1 aromatic rings. The number of carbonyl (C=O) groups is 1. The van der Waals surface area contributed by atoms with Gasteiger partial charge in [-0.25, -0.2) is 0 Å². The molecule has 100 valence electrons. The van der Waals surface area contributed by atoms with Gasteiger partial charge in [-0.15, -0.1) is 0 Å². The van der Waals surface area contributed by atoms with E-state index in [2.05, 4.69) is 0 Å². The highest BCUT2D eigenvalue weighted by molar-refractivity contribution is 5.77. The van der Waals surface area contributed by atoms with Gasteiger partial charge in [0.15, 0.2) is 11.5 Å². The Morgan fingerprint density at radius 1 is 1.22 bits per heavy atom. The molecule has 0 bridgehead atoms. The van der Waals surface area contributed by atoms with Crippen molar-refractivity contribution < 1.29 is 14.3 Å². The van der Waals surface area contributed by atoms with Crippen LogP contribution in [0.3, 0.4) is 0 Å². The first-order valence-corrected chi connectivity index (χ1v) is 5.87. The van der Waals surface area contributed by atoms with Crippen molar-refractivity contribution in [1.82, 2.24) is 4.90 Å². The standard InChI is InChI=1S/C14H21NO3/c1-10-6-13(17-4)14(18-5)7-12(10)9-15(3)8-11(2)16/h6-7H,8-9H2,1-5H3. The fraction of sp³-hybridized carbons (Fsp3) is 0.500. The molecule has 18 heavy (non-hydrogen) atoms. The minimum atomic E-state index is 0.163. The Kier molecular flexibility index (Phi) is 5.16. The molecule has 1 aromatic carbocycles. The first-order valence-electron chi connectivity index (χ1n) is 5.87. The molecule has 0 N–H and O–H groups in total. The summed E-state index contributed by atoms with van der Waals surface area (Å²) in [5.74, 6) is 1.61. The summed E-state index contributed by atoms with van der Waals surface area (Å²) in [5, 5.41) is 0. The molecule has 4 heteroatoms. The van der Waals surface area contributed by atoms with E-state index in [4.69, 9.17) is 9.47 Å². The molecule has 0 saturated heterocycles. The number of likely N-dealkylation sites (N-methyl/N-ethyl adjacent to an activating group) is 1. The molecule has 1 rings (SSSR count).